The summed E-state index contributed by atoms with van der Waals surface area (Å²) in [4.78, 5) is 10.4. The van der Waals surface area contributed by atoms with Gasteiger partial charge in [0.05, 0.1) is 18.3 Å². The van der Waals surface area contributed by atoms with Gasteiger partial charge in [-0.1, -0.05) is 55.5 Å². The summed E-state index contributed by atoms with van der Waals surface area (Å²) in [6, 6.07) is 0. The number of aliphatic hydroxyl groups excluding tert-OH is 3. The number of aliphatic carboxylic acids is 1. The van der Waals surface area contributed by atoms with Crippen molar-refractivity contribution < 1.29 is 25.2 Å². The second-order valence-electron chi connectivity index (χ2n) is 7.03. The van der Waals surface area contributed by atoms with Crippen LogP contribution >= 0.6 is 0 Å². The van der Waals surface area contributed by atoms with Gasteiger partial charge in [-0.2, -0.15) is 0 Å². The van der Waals surface area contributed by atoms with Crippen molar-refractivity contribution in [2.45, 2.75) is 70.2 Å². The van der Waals surface area contributed by atoms with Crippen molar-refractivity contribution in [3.05, 3.63) is 48.6 Å². The molecule has 0 radical (unpaired) electrons. The van der Waals surface area contributed by atoms with Crippen molar-refractivity contribution in [2.75, 3.05) is 0 Å². The van der Waals surface area contributed by atoms with Gasteiger partial charge in [0.2, 0.25) is 0 Å². The summed E-state index contributed by atoms with van der Waals surface area (Å²) >= 11 is 0. The zero-order chi connectivity index (χ0) is 20.1. The van der Waals surface area contributed by atoms with Crippen LogP contribution in [0.4, 0.5) is 0 Å². The molecule has 1 aliphatic carbocycles. The lowest BCUT2D eigenvalue weighted by atomic mass is 9.89. The molecule has 1 aliphatic rings. The molecular weight excluding hydrogens is 344 g/mol. The van der Waals surface area contributed by atoms with Gasteiger partial charge in [-0.3, -0.25) is 4.79 Å². The standard InChI is InChI=1S/C22H34O5/c1-2-3-4-5-6-9-12-18-19(21(25)16-20(18)24)15-14-17(23)11-8-7-10-13-22(26)27/h3-4,6-9,14-15,17-21,23-25H,2,5,10-13,16H2,1H3,(H,26,27)/b4-3-,8-7-,9-6-,15-14+/t17-,18+,19+,20+,21-/m1/s1. The third-order valence-corrected chi connectivity index (χ3v) is 4.79. The Kier molecular flexibility index (Phi) is 11.7. The molecule has 27 heavy (non-hydrogen) atoms. The maximum atomic E-state index is 10.4. The van der Waals surface area contributed by atoms with Crippen LogP contribution in [-0.4, -0.2) is 44.7 Å². The maximum Gasteiger partial charge on any atom is 0.303 e. The van der Waals surface area contributed by atoms with Crippen LogP contribution in [0.5, 0.6) is 0 Å². The van der Waals surface area contributed by atoms with E-state index in [1.807, 2.05) is 12.2 Å². The van der Waals surface area contributed by atoms with Gasteiger partial charge in [0.25, 0.3) is 0 Å². The van der Waals surface area contributed by atoms with E-state index in [2.05, 4.69) is 25.2 Å². The van der Waals surface area contributed by atoms with E-state index >= 15 is 0 Å². The zero-order valence-corrected chi connectivity index (χ0v) is 16.2. The van der Waals surface area contributed by atoms with Gasteiger partial charge >= 0.3 is 5.97 Å². The first kappa shape index (κ1) is 23.3. The summed E-state index contributed by atoms with van der Waals surface area (Å²) < 4.78 is 0. The molecule has 152 valence electrons. The average molecular weight is 379 g/mol. The Morgan fingerprint density at radius 1 is 1.07 bits per heavy atom. The Balaban J connectivity index is 2.49. The Hall–Kier alpha value is -1.69. The average Bonchev–Trinajstić information content (AvgIpc) is 2.88. The molecule has 0 aromatic carbocycles. The summed E-state index contributed by atoms with van der Waals surface area (Å²) in [5.41, 5.74) is 0. The predicted molar refractivity (Wildman–Crippen MR) is 107 cm³/mol. The number of hydrogen-bond donors (Lipinski definition) is 4. The van der Waals surface area contributed by atoms with E-state index in [1.165, 1.54) is 0 Å². The van der Waals surface area contributed by atoms with Gasteiger partial charge in [-0.05, 0) is 38.0 Å². The van der Waals surface area contributed by atoms with Crippen LogP contribution in [0, 0.1) is 11.8 Å². The molecule has 5 heteroatoms. The molecular formula is C22H34O5. The molecule has 5 nitrogen and oxygen atoms in total. The predicted octanol–water partition coefficient (Wildman–Crippen LogP) is 3.38. The minimum absolute atomic E-state index is 0.0547. The molecule has 0 aliphatic heterocycles. The number of carbonyl (C=O) groups is 1. The van der Waals surface area contributed by atoms with Crippen LogP contribution in [-0.2, 0) is 4.79 Å². The fourth-order valence-corrected chi connectivity index (χ4v) is 3.29. The number of carboxylic acid groups (broad SMARTS) is 1. The van der Waals surface area contributed by atoms with Gasteiger partial charge in [0, 0.05) is 18.8 Å². The van der Waals surface area contributed by atoms with Gasteiger partial charge in [0.1, 0.15) is 0 Å². The van der Waals surface area contributed by atoms with Crippen molar-refractivity contribution in [3.8, 4) is 0 Å². The largest absolute Gasteiger partial charge is 0.481 e. The van der Waals surface area contributed by atoms with Crippen LogP contribution in [0.25, 0.3) is 0 Å². The highest BCUT2D eigenvalue weighted by molar-refractivity contribution is 5.66. The summed E-state index contributed by atoms with van der Waals surface area (Å²) in [5.74, 6) is -1.07. The van der Waals surface area contributed by atoms with E-state index in [1.54, 1.807) is 18.2 Å². The minimum Gasteiger partial charge on any atom is -0.481 e. The highest BCUT2D eigenvalue weighted by Gasteiger charge is 2.39. The molecule has 5 atom stereocenters. The van der Waals surface area contributed by atoms with Crippen LogP contribution in [0.3, 0.4) is 0 Å². The van der Waals surface area contributed by atoms with Crippen molar-refractivity contribution >= 4 is 5.97 Å². The topological polar surface area (TPSA) is 98.0 Å². The smallest absolute Gasteiger partial charge is 0.303 e. The van der Waals surface area contributed by atoms with Gasteiger partial charge in [-0.15, -0.1) is 0 Å². The monoisotopic (exact) mass is 378 g/mol. The van der Waals surface area contributed by atoms with E-state index < -0.39 is 24.3 Å². The maximum absolute atomic E-state index is 10.4. The summed E-state index contributed by atoms with van der Waals surface area (Å²) in [6.07, 6.45) is 17.4. The Labute approximate surface area is 162 Å². The number of allylic oxidation sites excluding steroid dienone is 5. The number of hydrogen-bond acceptors (Lipinski definition) is 4. The van der Waals surface area contributed by atoms with Crippen LogP contribution in [0.15, 0.2) is 48.6 Å². The van der Waals surface area contributed by atoms with Crippen LogP contribution in [0.1, 0.15) is 51.9 Å². The Morgan fingerprint density at radius 3 is 2.52 bits per heavy atom. The molecule has 1 rings (SSSR count). The van der Waals surface area contributed by atoms with E-state index in [-0.39, 0.29) is 18.3 Å². The Bertz CT molecular complexity index is 535. The molecule has 0 saturated heterocycles. The molecule has 0 amide bonds. The fourth-order valence-electron chi connectivity index (χ4n) is 3.29. The molecule has 1 saturated carbocycles. The summed E-state index contributed by atoms with van der Waals surface area (Å²) in [7, 11) is 0. The van der Waals surface area contributed by atoms with E-state index in [9.17, 15) is 20.1 Å². The zero-order valence-electron chi connectivity index (χ0n) is 16.2. The first-order chi connectivity index (χ1) is 13.0. The Morgan fingerprint density at radius 2 is 1.81 bits per heavy atom. The third-order valence-electron chi connectivity index (χ3n) is 4.79. The van der Waals surface area contributed by atoms with Gasteiger partial charge in [0.15, 0.2) is 0 Å². The first-order valence-electron chi connectivity index (χ1n) is 9.85. The van der Waals surface area contributed by atoms with Crippen LogP contribution < -0.4 is 0 Å². The molecule has 0 heterocycles. The number of carboxylic acids is 1. The second kappa shape index (κ2) is 13.5. The highest BCUT2D eigenvalue weighted by Crippen LogP contribution is 2.36. The number of aliphatic hydroxyl groups is 3. The lowest BCUT2D eigenvalue weighted by Crippen LogP contribution is -2.20. The number of rotatable bonds is 12. The van der Waals surface area contributed by atoms with Gasteiger partial charge in [-0.25, -0.2) is 0 Å². The van der Waals surface area contributed by atoms with E-state index in [4.69, 9.17) is 5.11 Å². The minimum atomic E-state index is -0.838. The highest BCUT2D eigenvalue weighted by atomic mass is 16.4. The summed E-state index contributed by atoms with van der Waals surface area (Å²) in [5, 5.41) is 39.0. The fraction of sp³-hybridized carbons (Fsp3) is 0.591. The molecule has 4 N–H and O–H groups in total. The normalized spacial score (nSPS) is 27.6. The lowest BCUT2D eigenvalue weighted by Gasteiger charge is -2.19. The molecule has 0 bridgehead atoms. The molecule has 0 aromatic rings. The SMILES string of the molecule is CC/C=C\C/C=C\C[C@H]1[C@H](/C=C/[C@H](O)C/C=C\CCC(=O)O)[C@H](O)C[C@@H]1O. The first-order valence-corrected chi connectivity index (χ1v) is 9.85. The lowest BCUT2D eigenvalue weighted by molar-refractivity contribution is -0.136. The molecule has 0 unspecified atom stereocenters. The summed E-state index contributed by atoms with van der Waals surface area (Å²) in [6.45, 7) is 2.09. The van der Waals surface area contributed by atoms with E-state index in [0.717, 1.165) is 12.8 Å². The molecule has 0 aromatic heterocycles. The van der Waals surface area contributed by atoms with Gasteiger partial charge < -0.3 is 20.4 Å². The van der Waals surface area contributed by atoms with Crippen molar-refractivity contribution in [1.82, 2.24) is 0 Å². The van der Waals surface area contributed by atoms with Crippen molar-refractivity contribution in [1.29, 1.82) is 0 Å². The third kappa shape index (κ3) is 9.70. The van der Waals surface area contributed by atoms with E-state index in [0.29, 0.717) is 25.7 Å². The quantitative estimate of drug-likeness (QED) is 0.390. The van der Waals surface area contributed by atoms with Crippen molar-refractivity contribution in [3.63, 3.8) is 0 Å². The van der Waals surface area contributed by atoms with Crippen molar-refractivity contribution in [2.24, 2.45) is 11.8 Å². The molecule has 1 fully saturated rings. The molecule has 0 spiro atoms. The van der Waals surface area contributed by atoms with Crippen LogP contribution in [0.2, 0.25) is 0 Å². The second-order valence-corrected chi connectivity index (χ2v) is 7.03.